The molecule has 0 saturated carbocycles. The minimum Gasteiger partial charge on any atom is -0.297 e. The molecular weight excluding hydrogens is 367 g/mol. The number of hydrazone groups is 1. The normalized spacial score (nSPS) is 16.5. The van der Waals surface area contributed by atoms with Crippen LogP contribution >= 0.6 is 11.6 Å². The van der Waals surface area contributed by atoms with Gasteiger partial charge in [-0.1, -0.05) is 18.5 Å². The molecule has 24 heavy (non-hydrogen) atoms. The molecule has 0 aliphatic carbocycles. The molecule has 1 heterocycles. The van der Waals surface area contributed by atoms with Crippen LogP contribution in [0.2, 0.25) is 5.02 Å². The van der Waals surface area contributed by atoms with Crippen molar-refractivity contribution in [2.24, 2.45) is 5.10 Å². The molecule has 2 rings (SSSR count). The molecular formula is C14H17ClF3N3O2S. The van der Waals surface area contributed by atoms with Crippen LogP contribution in [0.25, 0.3) is 0 Å². The van der Waals surface area contributed by atoms with E-state index in [0.29, 0.717) is 12.1 Å². The van der Waals surface area contributed by atoms with Crippen molar-refractivity contribution in [2.75, 3.05) is 17.8 Å². The first kappa shape index (κ1) is 18.9. The van der Waals surface area contributed by atoms with E-state index in [1.165, 1.54) is 18.2 Å². The van der Waals surface area contributed by atoms with Crippen molar-refractivity contribution in [3.8, 4) is 0 Å². The second-order valence-corrected chi connectivity index (χ2v) is 7.41. The van der Waals surface area contributed by atoms with Gasteiger partial charge >= 0.3 is 15.5 Å². The molecule has 10 heteroatoms. The lowest BCUT2D eigenvalue weighted by Crippen LogP contribution is -2.30. The fourth-order valence-electron chi connectivity index (χ4n) is 2.33. The molecule has 0 spiro atoms. The first-order valence-corrected chi connectivity index (χ1v) is 9.21. The third-order valence-corrected chi connectivity index (χ3v) is 4.85. The van der Waals surface area contributed by atoms with Gasteiger partial charge in [0.05, 0.1) is 11.4 Å². The number of halogens is 4. The minimum absolute atomic E-state index is 0.198. The lowest BCUT2D eigenvalue weighted by Gasteiger charge is -2.18. The van der Waals surface area contributed by atoms with Crippen molar-refractivity contribution in [1.82, 2.24) is 5.01 Å². The van der Waals surface area contributed by atoms with Gasteiger partial charge in [-0.05, 0) is 37.5 Å². The van der Waals surface area contributed by atoms with Crippen LogP contribution in [-0.2, 0) is 10.0 Å². The Morgan fingerprint density at radius 2 is 1.96 bits per heavy atom. The molecule has 0 radical (unpaired) electrons. The maximum absolute atomic E-state index is 12.6. The molecule has 1 N–H and O–H groups in total. The molecule has 1 saturated heterocycles. The Morgan fingerprint density at radius 3 is 2.50 bits per heavy atom. The maximum atomic E-state index is 12.6. The maximum Gasteiger partial charge on any atom is 0.516 e. The molecule has 0 bridgehead atoms. The Labute approximate surface area is 143 Å². The number of hydrogen-bond acceptors (Lipinski definition) is 4. The van der Waals surface area contributed by atoms with Crippen LogP contribution < -0.4 is 4.72 Å². The highest BCUT2D eigenvalue weighted by Crippen LogP contribution is 2.29. The lowest BCUT2D eigenvalue weighted by atomic mass is 10.1. The van der Waals surface area contributed by atoms with E-state index in [1.807, 2.05) is 5.01 Å². The Hall–Kier alpha value is -1.48. The Kier molecular flexibility index (Phi) is 5.64. The van der Waals surface area contributed by atoms with Crippen molar-refractivity contribution in [3.63, 3.8) is 0 Å². The Balaban J connectivity index is 2.43. The Morgan fingerprint density at radius 1 is 1.33 bits per heavy atom. The van der Waals surface area contributed by atoms with Crippen molar-refractivity contribution in [1.29, 1.82) is 0 Å². The van der Waals surface area contributed by atoms with Crippen molar-refractivity contribution >= 4 is 33.0 Å². The number of anilines is 1. The smallest absolute Gasteiger partial charge is 0.297 e. The summed E-state index contributed by atoms with van der Waals surface area (Å²) in [6.45, 7) is 3.30. The first-order chi connectivity index (χ1) is 11.1. The summed E-state index contributed by atoms with van der Waals surface area (Å²) in [6, 6.07) is 3.94. The van der Waals surface area contributed by atoms with Gasteiger partial charge in [0, 0.05) is 23.7 Å². The molecule has 1 aromatic carbocycles. The third kappa shape index (κ3) is 4.32. The van der Waals surface area contributed by atoms with Gasteiger partial charge in [-0.3, -0.25) is 9.73 Å². The summed E-state index contributed by atoms with van der Waals surface area (Å²) in [7, 11) is -5.52. The summed E-state index contributed by atoms with van der Waals surface area (Å²) in [5.41, 5.74) is -4.89. The lowest BCUT2D eigenvalue weighted by molar-refractivity contribution is -0.0429. The standard InChI is InChI=1S/C14H17ClF3N3O2S/c1-2-12(19-21-7-3-4-8-21)11-9-10(15)5-6-13(11)20-24(22,23)14(16,17)18/h5-6,9,20H,2-4,7-8H2,1H3/b19-12+. The van der Waals surface area contributed by atoms with Crippen LogP contribution in [0.3, 0.4) is 0 Å². The monoisotopic (exact) mass is 383 g/mol. The van der Waals surface area contributed by atoms with E-state index in [4.69, 9.17) is 11.6 Å². The fourth-order valence-corrected chi connectivity index (χ4v) is 3.09. The highest BCUT2D eigenvalue weighted by atomic mass is 35.5. The van der Waals surface area contributed by atoms with Gasteiger partial charge in [-0.15, -0.1) is 0 Å². The number of hydrogen-bond donors (Lipinski definition) is 1. The van der Waals surface area contributed by atoms with Gasteiger partial charge in [0.15, 0.2) is 0 Å². The van der Waals surface area contributed by atoms with Gasteiger partial charge in [-0.2, -0.15) is 26.7 Å². The van der Waals surface area contributed by atoms with Crippen LogP contribution in [0.4, 0.5) is 18.9 Å². The molecule has 0 aromatic heterocycles. The molecule has 134 valence electrons. The van der Waals surface area contributed by atoms with Crippen molar-refractivity contribution in [2.45, 2.75) is 31.7 Å². The molecule has 0 unspecified atom stereocenters. The third-order valence-electron chi connectivity index (χ3n) is 3.52. The van der Waals surface area contributed by atoms with E-state index in [-0.39, 0.29) is 16.3 Å². The number of sulfonamides is 1. The number of rotatable bonds is 5. The second-order valence-electron chi connectivity index (χ2n) is 5.30. The van der Waals surface area contributed by atoms with Gasteiger partial charge in [0.1, 0.15) is 0 Å². The molecule has 1 aliphatic heterocycles. The first-order valence-electron chi connectivity index (χ1n) is 7.35. The molecule has 1 aromatic rings. The number of benzene rings is 1. The highest BCUT2D eigenvalue weighted by molar-refractivity contribution is 7.93. The number of nitrogens with zero attached hydrogens (tertiary/aromatic N) is 2. The van der Waals surface area contributed by atoms with E-state index in [9.17, 15) is 21.6 Å². The zero-order chi connectivity index (χ0) is 18.0. The summed E-state index contributed by atoms with van der Waals surface area (Å²) >= 11 is 5.93. The molecule has 0 atom stereocenters. The summed E-state index contributed by atoms with van der Waals surface area (Å²) < 4.78 is 62.2. The summed E-state index contributed by atoms with van der Waals surface area (Å²) in [5.74, 6) is 0. The zero-order valence-electron chi connectivity index (χ0n) is 12.9. The minimum atomic E-state index is -5.52. The van der Waals surface area contributed by atoms with Crippen molar-refractivity contribution < 1.29 is 21.6 Å². The highest BCUT2D eigenvalue weighted by Gasteiger charge is 2.46. The fraction of sp³-hybridized carbons (Fsp3) is 0.500. The molecule has 1 fully saturated rings. The molecule has 5 nitrogen and oxygen atoms in total. The quantitative estimate of drug-likeness (QED) is 0.786. The molecule has 0 amide bonds. The van der Waals surface area contributed by atoms with Gasteiger partial charge in [-0.25, -0.2) is 0 Å². The number of alkyl halides is 3. The van der Waals surface area contributed by atoms with E-state index in [0.717, 1.165) is 25.9 Å². The van der Waals surface area contributed by atoms with Crippen molar-refractivity contribution in [3.05, 3.63) is 28.8 Å². The van der Waals surface area contributed by atoms with Gasteiger partial charge in [0.25, 0.3) is 0 Å². The largest absolute Gasteiger partial charge is 0.516 e. The number of nitrogens with one attached hydrogen (secondary N) is 1. The summed E-state index contributed by atoms with van der Waals surface area (Å²) in [5, 5.41) is 6.53. The average Bonchev–Trinajstić information content (AvgIpc) is 2.98. The second kappa shape index (κ2) is 7.18. The van der Waals surface area contributed by atoms with E-state index in [2.05, 4.69) is 5.10 Å². The van der Waals surface area contributed by atoms with Crippen LogP contribution in [0, 0.1) is 0 Å². The summed E-state index contributed by atoms with van der Waals surface area (Å²) in [6.07, 6.45) is 2.39. The van der Waals surface area contributed by atoms with Gasteiger partial charge < -0.3 is 0 Å². The predicted octanol–water partition coefficient (Wildman–Crippen LogP) is 3.81. The van der Waals surface area contributed by atoms with E-state index < -0.39 is 15.5 Å². The topological polar surface area (TPSA) is 61.8 Å². The van der Waals surface area contributed by atoms with E-state index >= 15 is 0 Å². The van der Waals surface area contributed by atoms with Gasteiger partial charge in [0.2, 0.25) is 0 Å². The summed E-state index contributed by atoms with van der Waals surface area (Å²) in [4.78, 5) is 0. The predicted molar refractivity (Wildman–Crippen MR) is 87.7 cm³/mol. The Bertz CT molecular complexity index is 729. The van der Waals surface area contributed by atoms with Crippen LogP contribution in [-0.4, -0.2) is 37.7 Å². The van der Waals surface area contributed by atoms with Crippen LogP contribution in [0.5, 0.6) is 0 Å². The van der Waals surface area contributed by atoms with E-state index in [1.54, 1.807) is 11.6 Å². The van der Waals surface area contributed by atoms with Crippen LogP contribution in [0.15, 0.2) is 23.3 Å². The van der Waals surface area contributed by atoms with Crippen LogP contribution in [0.1, 0.15) is 31.7 Å². The SMILES string of the molecule is CC/C(=N\N1CCCC1)c1cc(Cl)ccc1NS(=O)(=O)C(F)(F)F. The zero-order valence-corrected chi connectivity index (χ0v) is 14.5. The molecule has 1 aliphatic rings. The average molecular weight is 384 g/mol.